The maximum Gasteiger partial charge on any atom is 0.236 e. The first-order valence-electron chi connectivity index (χ1n) is 4.61. The predicted octanol–water partition coefficient (Wildman–Crippen LogP) is 0.359. The van der Waals surface area contributed by atoms with Gasteiger partial charge in [-0.3, -0.25) is 9.20 Å². The van der Waals surface area contributed by atoms with Crippen molar-refractivity contribution < 1.29 is 4.79 Å². The molecule has 0 unspecified atom stereocenters. The highest BCUT2D eigenvalue weighted by molar-refractivity contribution is 7.15. The first kappa shape index (κ1) is 10.1. The van der Waals surface area contributed by atoms with Crippen LogP contribution in [0.25, 0.3) is 4.96 Å². The monoisotopic (exact) mass is 224 g/mol. The van der Waals surface area contributed by atoms with E-state index in [1.54, 1.807) is 18.3 Å². The van der Waals surface area contributed by atoms with Crippen molar-refractivity contribution in [2.24, 2.45) is 5.73 Å². The van der Waals surface area contributed by atoms with Crippen LogP contribution in [-0.2, 0) is 11.3 Å². The lowest BCUT2D eigenvalue weighted by atomic mass is 10.3. The van der Waals surface area contributed by atoms with Crippen molar-refractivity contribution in [1.82, 2.24) is 14.7 Å². The van der Waals surface area contributed by atoms with Crippen LogP contribution in [0.3, 0.4) is 0 Å². The quantitative estimate of drug-likeness (QED) is 0.790. The first-order valence-corrected chi connectivity index (χ1v) is 5.49. The van der Waals surface area contributed by atoms with Gasteiger partial charge in [0.1, 0.15) is 0 Å². The highest BCUT2D eigenvalue weighted by atomic mass is 32.1. The Labute approximate surface area is 90.9 Å². The molecule has 0 spiro atoms. The summed E-state index contributed by atoms with van der Waals surface area (Å²) in [5.74, 6) is -0.161. The van der Waals surface area contributed by atoms with E-state index in [1.807, 2.05) is 22.2 Å². The van der Waals surface area contributed by atoms with Gasteiger partial charge in [-0.25, -0.2) is 4.98 Å². The van der Waals surface area contributed by atoms with E-state index in [0.29, 0.717) is 6.54 Å². The number of aromatic nitrogens is 2. The van der Waals surface area contributed by atoms with Gasteiger partial charge in [-0.1, -0.05) is 0 Å². The number of carbonyl (C=O) groups excluding carboxylic acids is 1. The third-order valence-corrected chi connectivity index (χ3v) is 2.77. The highest BCUT2D eigenvalue weighted by Gasteiger charge is 2.08. The SMILES string of the molecule is C[C@@H](N)C(=O)NCc1cn2ccsc2n1. The molecule has 0 aromatic carbocycles. The number of carbonyl (C=O) groups is 1. The molecule has 0 fully saturated rings. The van der Waals surface area contributed by atoms with Gasteiger partial charge < -0.3 is 11.1 Å². The van der Waals surface area contributed by atoms with Crippen molar-refractivity contribution in [1.29, 1.82) is 0 Å². The second-order valence-electron chi connectivity index (χ2n) is 3.33. The van der Waals surface area contributed by atoms with Crippen LogP contribution in [0.2, 0.25) is 0 Å². The summed E-state index contributed by atoms with van der Waals surface area (Å²) in [6.07, 6.45) is 3.83. The first-order chi connectivity index (χ1) is 7.16. The van der Waals surface area contributed by atoms with Crippen molar-refractivity contribution >= 4 is 22.2 Å². The van der Waals surface area contributed by atoms with Crippen molar-refractivity contribution in [3.8, 4) is 0 Å². The van der Waals surface area contributed by atoms with E-state index in [0.717, 1.165) is 10.7 Å². The molecule has 0 bridgehead atoms. The number of thiazole rings is 1. The Morgan fingerprint density at radius 3 is 3.27 bits per heavy atom. The summed E-state index contributed by atoms with van der Waals surface area (Å²) in [5.41, 5.74) is 6.26. The highest BCUT2D eigenvalue weighted by Crippen LogP contribution is 2.10. The molecule has 2 aromatic rings. The molecule has 0 radical (unpaired) electrons. The lowest BCUT2D eigenvalue weighted by molar-refractivity contribution is -0.122. The number of fused-ring (bicyclic) bond motifs is 1. The van der Waals surface area contributed by atoms with Crippen LogP contribution in [0.4, 0.5) is 0 Å². The van der Waals surface area contributed by atoms with Gasteiger partial charge in [-0.05, 0) is 6.92 Å². The summed E-state index contributed by atoms with van der Waals surface area (Å²) in [6, 6.07) is -0.478. The van der Waals surface area contributed by atoms with Crippen LogP contribution < -0.4 is 11.1 Å². The number of nitrogens with one attached hydrogen (secondary N) is 1. The molecule has 5 nitrogen and oxygen atoms in total. The standard InChI is InChI=1S/C9H12N4OS/c1-6(10)8(14)11-4-7-5-13-2-3-15-9(13)12-7/h2-3,5-6H,4,10H2,1H3,(H,11,14)/t6-/m1/s1. The number of hydrogen-bond donors (Lipinski definition) is 2. The summed E-state index contributed by atoms with van der Waals surface area (Å²) < 4.78 is 1.93. The topological polar surface area (TPSA) is 72.4 Å². The fraction of sp³-hybridized carbons (Fsp3) is 0.333. The maximum absolute atomic E-state index is 11.2. The summed E-state index contributed by atoms with van der Waals surface area (Å²) in [6.45, 7) is 2.08. The van der Waals surface area contributed by atoms with Gasteiger partial charge >= 0.3 is 0 Å². The molecule has 2 heterocycles. The minimum atomic E-state index is -0.478. The van der Waals surface area contributed by atoms with Gasteiger partial charge in [0.15, 0.2) is 4.96 Å². The molecular weight excluding hydrogens is 212 g/mol. The Hall–Kier alpha value is -1.40. The predicted molar refractivity (Wildman–Crippen MR) is 58.6 cm³/mol. The lowest BCUT2D eigenvalue weighted by Gasteiger charge is -2.04. The van der Waals surface area contributed by atoms with Crippen molar-refractivity contribution in [2.75, 3.05) is 0 Å². The third-order valence-electron chi connectivity index (χ3n) is 2.00. The van der Waals surface area contributed by atoms with E-state index in [9.17, 15) is 4.79 Å². The molecule has 0 aliphatic rings. The minimum absolute atomic E-state index is 0.161. The molecule has 2 aromatic heterocycles. The third kappa shape index (κ3) is 2.16. The van der Waals surface area contributed by atoms with Crippen LogP contribution in [0, 0.1) is 0 Å². The number of nitrogens with zero attached hydrogens (tertiary/aromatic N) is 2. The van der Waals surface area contributed by atoms with Gasteiger partial charge in [-0.15, -0.1) is 11.3 Å². The Morgan fingerprint density at radius 2 is 2.60 bits per heavy atom. The van der Waals surface area contributed by atoms with E-state index < -0.39 is 6.04 Å². The van der Waals surface area contributed by atoms with Crippen LogP contribution in [0.5, 0.6) is 0 Å². The summed E-state index contributed by atoms with van der Waals surface area (Å²) in [4.78, 5) is 16.5. The normalized spacial score (nSPS) is 12.9. The number of rotatable bonds is 3. The molecule has 0 saturated carbocycles. The van der Waals surface area contributed by atoms with Crippen LogP contribution in [-0.4, -0.2) is 21.3 Å². The van der Waals surface area contributed by atoms with Crippen LogP contribution in [0.15, 0.2) is 17.8 Å². The number of imidazole rings is 1. The van der Waals surface area contributed by atoms with Gasteiger partial charge in [0.05, 0.1) is 18.3 Å². The Bertz CT molecular complexity index is 445. The van der Waals surface area contributed by atoms with E-state index >= 15 is 0 Å². The molecule has 1 amide bonds. The zero-order valence-electron chi connectivity index (χ0n) is 8.30. The van der Waals surface area contributed by atoms with Crippen molar-refractivity contribution in [3.63, 3.8) is 0 Å². The van der Waals surface area contributed by atoms with E-state index in [4.69, 9.17) is 5.73 Å². The second kappa shape index (κ2) is 4.00. The van der Waals surface area contributed by atoms with E-state index in [-0.39, 0.29) is 5.91 Å². The van der Waals surface area contributed by atoms with Gasteiger partial charge in [-0.2, -0.15) is 0 Å². The summed E-state index contributed by atoms with van der Waals surface area (Å²) >= 11 is 1.56. The zero-order valence-corrected chi connectivity index (χ0v) is 9.12. The second-order valence-corrected chi connectivity index (χ2v) is 4.20. The molecule has 6 heteroatoms. The smallest absolute Gasteiger partial charge is 0.236 e. The number of amides is 1. The molecule has 0 aliphatic heterocycles. The molecule has 80 valence electrons. The molecule has 3 N–H and O–H groups in total. The average Bonchev–Trinajstić information content (AvgIpc) is 2.72. The lowest BCUT2D eigenvalue weighted by Crippen LogP contribution is -2.37. The molecule has 0 saturated heterocycles. The Morgan fingerprint density at radius 1 is 1.80 bits per heavy atom. The minimum Gasteiger partial charge on any atom is -0.349 e. The van der Waals surface area contributed by atoms with Crippen LogP contribution >= 0.6 is 11.3 Å². The Balaban J connectivity index is 2.01. The van der Waals surface area contributed by atoms with Gasteiger partial charge in [0.25, 0.3) is 0 Å². The number of hydrogen-bond acceptors (Lipinski definition) is 4. The van der Waals surface area contributed by atoms with Crippen molar-refractivity contribution in [3.05, 3.63) is 23.5 Å². The molecule has 15 heavy (non-hydrogen) atoms. The average molecular weight is 224 g/mol. The fourth-order valence-corrected chi connectivity index (χ4v) is 1.92. The maximum atomic E-state index is 11.2. The summed E-state index contributed by atoms with van der Waals surface area (Å²) in [7, 11) is 0. The number of nitrogens with two attached hydrogens (primary N) is 1. The fourth-order valence-electron chi connectivity index (χ4n) is 1.20. The van der Waals surface area contributed by atoms with E-state index in [1.165, 1.54) is 0 Å². The van der Waals surface area contributed by atoms with E-state index in [2.05, 4.69) is 10.3 Å². The summed E-state index contributed by atoms with van der Waals surface area (Å²) in [5, 5.41) is 4.68. The zero-order chi connectivity index (χ0) is 10.8. The Kier molecular flexibility index (Phi) is 2.70. The van der Waals surface area contributed by atoms with Crippen LogP contribution in [0.1, 0.15) is 12.6 Å². The molecule has 1 atom stereocenters. The van der Waals surface area contributed by atoms with Gasteiger partial charge in [0.2, 0.25) is 5.91 Å². The van der Waals surface area contributed by atoms with Gasteiger partial charge in [0, 0.05) is 17.8 Å². The van der Waals surface area contributed by atoms with Crippen molar-refractivity contribution in [2.45, 2.75) is 19.5 Å². The molecular formula is C9H12N4OS. The molecule has 2 rings (SSSR count). The molecule has 0 aliphatic carbocycles. The largest absolute Gasteiger partial charge is 0.349 e.